The molecule has 1 aliphatic rings. The molecular weight excluding hydrogens is 260 g/mol. The molecule has 1 heterocycles. The van der Waals surface area contributed by atoms with Crippen LogP contribution in [-0.2, 0) is 0 Å². The minimum atomic E-state index is -1.59. The van der Waals surface area contributed by atoms with Crippen LogP contribution in [0, 0.1) is 31.4 Å². The molecule has 0 saturated heterocycles. The van der Waals surface area contributed by atoms with Crippen molar-refractivity contribution in [2.75, 3.05) is 0 Å². The molecule has 0 amide bonds. The van der Waals surface area contributed by atoms with Crippen molar-refractivity contribution in [3.63, 3.8) is 0 Å². The van der Waals surface area contributed by atoms with Gasteiger partial charge in [0.25, 0.3) is 17.1 Å². The zero-order valence-electron chi connectivity index (χ0n) is 10.0. The molecule has 10 nitrogen and oxygen atoms in total. The van der Waals surface area contributed by atoms with E-state index in [4.69, 9.17) is 0 Å². The second-order valence-electron chi connectivity index (χ2n) is 4.60. The van der Waals surface area contributed by atoms with E-state index < -0.39 is 27.0 Å². The standard InChI is InChI=1S/C9H10N4O6/c1-9(2,13(17)18)5-3-4-6-7(8(5)11(14)15)10-19-12(6)16/h3-5,10H,1-2H3. The van der Waals surface area contributed by atoms with Gasteiger partial charge >= 0.3 is 0 Å². The Morgan fingerprint density at radius 3 is 2.58 bits per heavy atom. The van der Waals surface area contributed by atoms with E-state index in [2.05, 4.69) is 9.79 Å². The van der Waals surface area contributed by atoms with Gasteiger partial charge < -0.3 is 10.4 Å². The lowest BCUT2D eigenvalue weighted by Crippen LogP contribution is -2.46. The van der Waals surface area contributed by atoms with Crippen LogP contribution in [0.2, 0.25) is 0 Å². The normalized spacial score (nSPS) is 18.2. The van der Waals surface area contributed by atoms with Crippen LogP contribution in [0.1, 0.15) is 25.2 Å². The first-order chi connectivity index (χ1) is 8.76. The second kappa shape index (κ2) is 3.93. The molecule has 1 atom stereocenters. The summed E-state index contributed by atoms with van der Waals surface area (Å²) in [4.78, 5) is 20.9. The molecule has 19 heavy (non-hydrogen) atoms. The van der Waals surface area contributed by atoms with Crippen molar-refractivity contribution in [2.24, 2.45) is 5.92 Å². The first-order valence-corrected chi connectivity index (χ1v) is 5.25. The molecule has 1 unspecified atom stereocenters. The van der Waals surface area contributed by atoms with Crippen LogP contribution < -0.4 is 4.60 Å². The third kappa shape index (κ3) is 1.77. The third-order valence-electron chi connectivity index (χ3n) is 3.11. The lowest BCUT2D eigenvalue weighted by atomic mass is 9.80. The van der Waals surface area contributed by atoms with E-state index in [1.54, 1.807) is 0 Å². The first-order valence-electron chi connectivity index (χ1n) is 5.25. The van der Waals surface area contributed by atoms with Crippen molar-refractivity contribution in [2.45, 2.75) is 19.4 Å². The Kier molecular flexibility index (Phi) is 2.65. The smallest absolute Gasteiger partial charge is 0.289 e. The predicted octanol–water partition coefficient (Wildman–Crippen LogP) is 0.0177. The van der Waals surface area contributed by atoms with Crippen LogP contribution in [0.5, 0.6) is 0 Å². The van der Waals surface area contributed by atoms with Gasteiger partial charge in [-0.15, -0.1) is 0 Å². The van der Waals surface area contributed by atoms with Gasteiger partial charge in [0, 0.05) is 18.8 Å². The van der Waals surface area contributed by atoms with E-state index in [0.717, 1.165) is 0 Å². The average Bonchev–Trinajstić information content (AvgIpc) is 2.69. The van der Waals surface area contributed by atoms with E-state index in [1.165, 1.54) is 26.0 Å². The summed E-state index contributed by atoms with van der Waals surface area (Å²) in [5.74, 6) is -1.08. The van der Waals surface area contributed by atoms with Gasteiger partial charge in [0.1, 0.15) is 5.92 Å². The maximum atomic E-state index is 11.2. The van der Waals surface area contributed by atoms with Crippen LogP contribution in [0.25, 0.3) is 6.08 Å². The summed E-state index contributed by atoms with van der Waals surface area (Å²) in [6.45, 7) is 2.56. The molecule has 1 N–H and O–H groups in total. The number of hydrogen-bond acceptors (Lipinski definition) is 6. The number of aromatic nitrogens is 2. The van der Waals surface area contributed by atoms with Crippen LogP contribution in [0.4, 0.5) is 0 Å². The van der Waals surface area contributed by atoms with Crippen LogP contribution >= 0.6 is 0 Å². The quantitative estimate of drug-likeness (QED) is 0.455. The SMILES string of the molecule is CC(C)(C1C=Cc2c([nH]o[n+]2=O)C1=[N+]([O-])[O-])[N+](=O)[O-]. The molecule has 1 aromatic rings. The highest BCUT2D eigenvalue weighted by Crippen LogP contribution is 2.30. The lowest BCUT2D eigenvalue weighted by Gasteiger charge is -2.25. The molecule has 0 spiro atoms. The molecule has 0 saturated carbocycles. The Balaban J connectivity index is 2.66. The maximum Gasteiger partial charge on any atom is 0.289 e. The highest BCUT2D eigenvalue weighted by atomic mass is 16.8. The minimum absolute atomic E-state index is 0.0741. The Morgan fingerprint density at radius 1 is 1.42 bits per heavy atom. The van der Waals surface area contributed by atoms with Crippen molar-refractivity contribution in [3.05, 3.63) is 42.9 Å². The number of fused-ring (bicyclic) bond motifs is 1. The third-order valence-corrected chi connectivity index (χ3v) is 3.11. The van der Waals surface area contributed by atoms with Gasteiger partial charge in [-0.3, -0.25) is 10.1 Å². The van der Waals surface area contributed by atoms with Gasteiger partial charge in [0.15, 0.2) is 4.60 Å². The van der Waals surface area contributed by atoms with E-state index in [1.807, 2.05) is 0 Å². The van der Waals surface area contributed by atoms with Gasteiger partial charge in [-0.05, 0) is 11.0 Å². The molecule has 0 fully saturated rings. The molecule has 102 valence electrons. The molecule has 2 rings (SSSR count). The van der Waals surface area contributed by atoms with E-state index in [0.29, 0.717) is 0 Å². The largest absolute Gasteiger partial charge is 0.612 e. The monoisotopic (exact) mass is 270 g/mol. The Labute approximate surface area is 105 Å². The summed E-state index contributed by atoms with van der Waals surface area (Å²) in [5.41, 5.74) is -2.28. The van der Waals surface area contributed by atoms with Crippen molar-refractivity contribution >= 4 is 11.8 Å². The number of hydrogen-bond donors (Lipinski definition) is 1. The fourth-order valence-corrected chi connectivity index (χ4v) is 1.93. The van der Waals surface area contributed by atoms with Gasteiger partial charge in [0.05, 0.1) is 0 Å². The number of rotatable bonds is 2. The minimum Gasteiger partial charge on any atom is -0.612 e. The van der Waals surface area contributed by atoms with Crippen molar-refractivity contribution in [1.29, 1.82) is 0 Å². The van der Waals surface area contributed by atoms with Gasteiger partial charge in [0.2, 0.25) is 5.54 Å². The molecule has 0 radical (unpaired) electrons. The fraction of sp³-hybridized carbons (Fsp3) is 0.444. The van der Waals surface area contributed by atoms with Crippen LogP contribution in [-0.4, -0.2) is 26.2 Å². The number of nitrogens with zero attached hydrogens (tertiary/aromatic N) is 3. The van der Waals surface area contributed by atoms with Crippen LogP contribution in [0.3, 0.4) is 0 Å². The maximum absolute atomic E-state index is 11.2. The molecule has 0 bridgehead atoms. The summed E-state index contributed by atoms with van der Waals surface area (Å²) < 4.78 is 4.48. The number of aromatic amines is 1. The number of H-pyrrole nitrogens is 1. The number of nitro groups is 1. The average molecular weight is 270 g/mol. The van der Waals surface area contributed by atoms with Gasteiger partial charge in [-0.1, -0.05) is 15.9 Å². The molecule has 0 aliphatic heterocycles. The van der Waals surface area contributed by atoms with Crippen molar-refractivity contribution < 1.29 is 19.1 Å². The van der Waals surface area contributed by atoms with E-state index in [-0.39, 0.29) is 16.0 Å². The molecule has 1 aliphatic carbocycles. The summed E-state index contributed by atoms with van der Waals surface area (Å²) in [6, 6.07) is 0. The topological polar surface area (TPSA) is 144 Å². The van der Waals surface area contributed by atoms with Crippen molar-refractivity contribution in [1.82, 2.24) is 5.16 Å². The molecule has 1 aromatic heterocycles. The van der Waals surface area contributed by atoms with Gasteiger partial charge in [-0.2, -0.15) is 4.90 Å². The van der Waals surface area contributed by atoms with E-state index >= 15 is 0 Å². The Bertz CT molecular complexity index is 648. The van der Waals surface area contributed by atoms with Gasteiger partial charge in [-0.25, -0.2) is 0 Å². The molecular formula is C9H10N4O6. The van der Waals surface area contributed by atoms with Crippen LogP contribution in [0.15, 0.2) is 10.7 Å². The van der Waals surface area contributed by atoms with Crippen molar-refractivity contribution in [3.8, 4) is 0 Å². The summed E-state index contributed by atoms with van der Waals surface area (Å²) in [5, 5.41) is 35.5. The second-order valence-corrected chi connectivity index (χ2v) is 4.60. The lowest BCUT2D eigenvalue weighted by molar-refractivity contribution is -0.714. The predicted molar refractivity (Wildman–Crippen MR) is 61.1 cm³/mol. The first kappa shape index (κ1) is 12.8. The zero-order chi connectivity index (χ0) is 14.4. The molecule has 10 heteroatoms. The summed E-state index contributed by atoms with van der Waals surface area (Å²) in [7, 11) is 0. The number of nitrogens with one attached hydrogen (secondary N) is 1. The zero-order valence-corrected chi connectivity index (χ0v) is 10.0. The molecule has 0 aromatic carbocycles. The fourth-order valence-electron chi connectivity index (χ4n) is 1.93. The highest BCUT2D eigenvalue weighted by Gasteiger charge is 2.51. The summed E-state index contributed by atoms with van der Waals surface area (Å²) >= 11 is 0. The Hall–Kier alpha value is -2.65. The van der Waals surface area contributed by atoms with E-state index in [9.17, 15) is 25.4 Å². The summed E-state index contributed by atoms with van der Waals surface area (Å²) in [6.07, 6.45) is 2.53. The Morgan fingerprint density at radius 2 is 2.05 bits per heavy atom. The highest BCUT2D eigenvalue weighted by molar-refractivity contribution is 6.03.